The molecule has 1 aliphatic heterocycles. The molecule has 0 aromatic rings. The molecule has 1 rings (SSSR count). The molecular weight excluding hydrogens is 196 g/mol. The van der Waals surface area contributed by atoms with Crippen LogP contribution < -0.4 is 0 Å². The van der Waals surface area contributed by atoms with Crippen molar-refractivity contribution in [1.29, 1.82) is 0 Å². The van der Waals surface area contributed by atoms with Gasteiger partial charge in [-0.3, -0.25) is 9.59 Å². The number of esters is 1. The molecule has 0 unspecified atom stereocenters. The smallest absolute Gasteiger partial charge is 0.304 e. The third-order valence-electron chi connectivity index (χ3n) is 2.25. The van der Waals surface area contributed by atoms with Crippen molar-refractivity contribution in [2.75, 3.05) is 0 Å². The Morgan fingerprint density at radius 1 is 1.40 bits per heavy atom. The molecule has 0 spiro atoms. The molecule has 1 saturated heterocycles. The number of Topliss-reactive ketones (excluding diaryl/α,β-unsaturated/α-hetero) is 1. The summed E-state index contributed by atoms with van der Waals surface area (Å²) in [4.78, 5) is 22.3. The quantitative estimate of drug-likeness (QED) is 0.668. The van der Waals surface area contributed by atoms with Crippen LogP contribution in [0.25, 0.3) is 0 Å². The van der Waals surface area contributed by atoms with E-state index in [1.807, 2.05) is 13.8 Å². The molecule has 0 amide bonds. The van der Waals surface area contributed by atoms with Crippen LogP contribution in [-0.4, -0.2) is 24.1 Å². The molecule has 0 bridgehead atoms. The number of rotatable bonds is 4. The Morgan fingerprint density at radius 3 is 2.60 bits per heavy atom. The maximum absolute atomic E-state index is 11.6. The largest absolute Gasteiger partial charge is 0.436 e. The Kier molecular flexibility index (Phi) is 4.27. The van der Waals surface area contributed by atoms with Crippen LogP contribution in [0.15, 0.2) is 0 Å². The molecule has 1 heterocycles. The number of hydrogen-bond donors (Lipinski definition) is 0. The van der Waals surface area contributed by atoms with E-state index >= 15 is 0 Å². The van der Waals surface area contributed by atoms with Crippen molar-refractivity contribution in [2.24, 2.45) is 5.92 Å². The fourth-order valence-electron chi connectivity index (χ4n) is 1.65. The zero-order chi connectivity index (χ0) is 11.4. The fourth-order valence-corrected chi connectivity index (χ4v) is 1.65. The summed E-state index contributed by atoms with van der Waals surface area (Å²) in [5, 5.41) is 0. The van der Waals surface area contributed by atoms with Gasteiger partial charge < -0.3 is 9.47 Å². The highest BCUT2D eigenvalue weighted by Gasteiger charge is 2.32. The van der Waals surface area contributed by atoms with Gasteiger partial charge in [-0.2, -0.15) is 0 Å². The number of ether oxygens (including phenoxy) is 2. The van der Waals surface area contributed by atoms with Crippen LogP contribution in [-0.2, 0) is 19.1 Å². The lowest BCUT2D eigenvalue weighted by molar-refractivity contribution is -0.175. The van der Waals surface area contributed by atoms with Crippen molar-refractivity contribution in [3.05, 3.63) is 0 Å². The van der Waals surface area contributed by atoms with Crippen molar-refractivity contribution in [3.8, 4) is 0 Å². The first-order chi connectivity index (χ1) is 6.99. The van der Waals surface area contributed by atoms with E-state index in [1.165, 1.54) is 6.92 Å². The van der Waals surface area contributed by atoms with Crippen LogP contribution in [0.1, 0.15) is 40.0 Å². The number of carbonyl (C=O) groups excluding carboxylic acids is 2. The Hall–Kier alpha value is -0.900. The van der Waals surface area contributed by atoms with Crippen molar-refractivity contribution < 1.29 is 19.1 Å². The van der Waals surface area contributed by atoms with Gasteiger partial charge in [0.1, 0.15) is 6.10 Å². The summed E-state index contributed by atoms with van der Waals surface area (Å²) < 4.78 is 10.2. The van der Waals surface area contributed by atoms with Crippen LogP contribution in [0, 0.1) is 5.92 Å². The van der Waals surface area contributed by atoms with E-state index in [0.29, 0.717) is 25.2 Å². The van der Waals surface area contributed by atoms with Gasteiger partial charge in [0.05, 0.1) is 0 Å². The fraction of sp³-hybridized carbons (Fsp3) is 0.818. The van der Waals surface area contributed by atoms with E-state index in [1.54, 1.807) is 0 Å². The summed E-state index contributed by atoms with van der Waals surface area (Å²) in [6.45, 7) is 5.33. The lowest BCUT2D eigenvalue weighted by Gasteiger charge is -2.13. The maximum Gasteiger partial charge on any atom is 0.304 e. The summed E-state index contributed by atoms with van der Waals surface area (Å²) in [5.74, 6) is 0.0884. The van der Waals surface area contributed by atoms with Crippen molar-refractivity contribution in [2.45, 2.75) is 52.4 Å². The van der Waals surface area contributed by atoms with Crippen molar-refractivity contribution >= 4 is 11.8 Å². The van der Waals surface area contributed by atoms with Crippen LogP contribution in [0.3, 0.4) is 0 Å². The highest BCUT2D eigenvalue weighted by Crippen LogP contribution is 2.23. The topological polar surface area (TPSA) is 52.6 Å². The molecule has 4 heteroatoms. The highest BCUT2D eigenvalue weighted by atomic mass is 16.7. The van der Waals surface area contributed by atoms with Crippen LogP contribution in [0.2, 0.25) is 0 Å². The molecule has 0 saturated carbocycles. The minimum Gasteiger partial charge on any atom is -0.436 e. The van der Waals surface area contributed by atoms with E-state index in [4.69, 9.17) is 9.47 Å². The molecule has 0 radical (unpaired) electrons. The van der Waals surface area contributed by atoms with Gasteiger partial charge in [-0.1, -0.05) is 13.8 Å². The average molecular weight is 214 g/mol. The predicted octanol–water partition coefficient (Wildman–Crippen LogP) is 1.67. The van der Waals surface area contributed by atoms with Crippen LogP contribution in [0.5, 0.6) is 0 Å². The van der Waals surface area contributed by atoms with Gasteiger partial charge in [0.25, 0.3) is 0 Å². The molecule has 0 aliphatic carbocycles. The minimum atomic E-state index is -0.524. The molecule has 1 aliphatic rings. The summed E-state index contributed by atoms with van der Waals surface area (Å²) >= 11 is 0. The molecule has 0 N–H and O–H groups in total. The van der Waals surface area contributed by atoms with E-state index in [-0.39, 0.29) is 17.9 Å². The third-order valence-corrected chi connectivity index (χ3v) is 2.25. The maximum atomic E-state index is 11.6. The molecule has 86 valence electrons. The second kappa shape index (κ2) is 5.26. The van der Waals surface area contributed by atoms with E-state index in [0.717, 1.165) is 0 Å². The molecule has 4 nitrogen and oxygen atoms in total. The SMILES string of the molecule is CC(=O)O[C@H]1CC[C@@H](C(=O)CC(C)C)O1. The molecule has 0 aromatic carbocycles. The number of carbonyl (C=O) groups is 2. The average Bonchev–Trinajstić information content (AvgIpc) is 2.50. The Morgan fingerprint density at radius 2 is 2.07 bits per heavy atom. The van der Waals surface area contributed by atoms with Crippen molar-refractivity contribution in [1.82, 2.24) is 0 Å². The Bertz CT molecular complexity index is 247. The lowest BCUT2D eigenvalue weighted by Crippen LogP contribution is -2.24. The second-order valence-electron chi connectivity index (χ2n) is 4.31. The standard InChI is InChI=1S/C11H18O4/c1-7(2)6-9(13)10-4-5-11(15-10)14-8(3)12/h7,10-11H,4-6H2,1-3H3/t10-,11+/m0/s1. The van der Waals surface area contributed by atoms with Crippen LogP contribution in [0.4, 0.5) is 0 Å². The molecule has 0 aromatic heterocycles. The zero-order valence-corrected chi connectivity index (χ0v) is 9.49. The van der Waals surface area contributed by atoms with Gasteiger partial charge in [-0.25, -0.2) is 0 Å². The summed E-state index contributed by atoms with van der Waals surface area (Å²) in [6.07, 6.45) is 0.898. The number of hydrogen-bond acceptors (Lipinski definition) is 4. The first-order valence-electron chi connectivity index (χ1n) is 5.34. The first kappa shape index (κ1) is 12.2. The van der Waals surface area contributed by atoms with Gasteiger partial charge in [0.15, 0.2) is 5.78 Å². The molecular formula is C11H18O4. The van der Waals surface area contributed by atoms with Crippen molar-refractivity contribution in [3.63, 3.8) is 0 Å². The minimum absolute atomic E-state index is 0.111. The van der Waals surface area contributed by atoms with E-state index in [2.05, 4.69) is 0 Å². The molecule has 1 fully saturated rings. The Balaban J connectivity index is 2.35. The first-order valence-corrected chi connectivity index (χ1v) is 5.34. The normalized spacial score (nSPS) is 25.6. The second-order valence-corrected chi connectivity index (χ2v) is 4.31. The zero-order valence-electron chi connectivity index (χ0n) is 9.49. The van der Waals surface area contributed by atoms with E-state index in [9.17, 15) is 9.59 Å². The summed E-state index contributed by atoms with van der Waals surface area (Å²) in [7, 11) is 0. The monoisotopic (exact) mass is 214 g/mol. The van der Waals surface area contributed by atoms with Crippen LogP contribution >= 0.6 is 0 Å². The van der Waals surface area contributed by atoms with Gasteiger partial charge in [0.2, 0.25) is 6.29 Å². The lowest BCUT2D eigenvalue weighted by atomic mass is 10.0. The molecule has 15 heavy (non-hydrogen) atoms. The van der Waals surface area contributed by atoms with Gasteiger partial charge in [0, 0.05) is 19.8 Å². The van der Waals surface area contributed by atoms with Gasteiger partial charge in [-0.05, 0) is 12.3 Å². The summed E-state index contributed by atoms with van der Waals surface area (Å²) in [6, 6.07) is 0. The third kappa shape index (κ3) is 4.00. The summed E-state index contributed by atoms with van der Waals surface area (Å²) in [5.41, 5.74) is 0. The molecule has 2 atom stereocenters. The predicted molar refractivity (Wildman–Crippen MR) is 54.1 cm³/mol. The Labute approximate surface area is 89.9 Å². The van der Waals surface area contributed by atoms with E-state index < -0.39 is 6.29 Å². The van der Waals surface area contributed by atoms with Gasteiger partial charge in [-0.15, -0.1) is 0 Å². The van der Waals surface area contributed by atoms with Gasteiger partial charge >= 0.3 is 5.97 Å². The highest BCUT2D eigenvalue weighted by molar-refractivity contribution is 5.83. The number of ketones is 1.